The van der Waals surface area contributed by atoms with Crippen molar-refractivity contribution in [2.24, 2.45) is 0 Å². The predicted octanol–water partition coefficient (Wildman–Crippen LogP) is 7.46. The second kappa shape index (κ2) is 9.56. The largest absolute Gasteiger partial charge is 0.248 e. The number of aromatic nitrogens is 1. The van der Waals surface area contributed by atoms with Gasteiger partial charge in [-0.05, 0) is 30.5 Å². The third-order valence-electron chi connectivity index (χ3n) is 5.23. The molecule has 0 saturated heterocycles. The second-order valence-electron chi connectivity index (χ2n) is 7.20. The molecule has 3 rings (SSSR count). The topological polar surface area (TPSA) is 12.9 Å². The van der Waals surface area contributed by atoms with Crippen molar-refractivity contribution in [2.45, 2.75) is 71.1 Å². The van der Waals surface area contributed by atoms with E-state index in [0.717, 1.165) is 11.0 Å². The Morgan fingerprint density at radius 2 is 1.08 bits per heavy atom. The van der Waals surface area contributed by atoms with Crippen molar-refractivity contribution in [3.05, 3.63) is 54.1 Å². The Morgan fingerprint density at radius 1 is 0.600 bits per heavy atom. The minimum atomic E-state index is 1.13. The molecule has 0 amide bonds. The van der Waals surface area contributed by atoms with E-state index < -0.39 is 0 Å². The van der Waals surface area contributed by atoms with Crippen molar-refractivity contribution in [1.29, 1.82) is 0 Å². The highest BCUT2D eigenvalue weighted by atomic mass is 14.7. The lowest BCUT2D eigenvalue weighted by molar-refractivity contribution is 0.565. The van der Waals surface area contributed by atoms with Crippen molar-refractivity contribution in [3.8, 4) is 0 Å². The molecule has 2 aromatic carbocycles. The number of hydrogen-bond acceptors (Lipinski definition) is 1. The van der Waals surface area contributed by atoms with Gasteiger partial charge in [-0.2, -0.15) is 0 Å². The van der Waals surface area contributed by atoms with E-state index in [4.69, 9.17) is 4.98 Å². The van der Waals surface area contributed by atoms with Crippen LogP contribution in [0.5, 0.6) is 0 Å². The van der Waals surface area contributed by atoms with Crippen molar-refractivity contribution in [2.75, 3.05) is 0 Å². The fourth-order valence-corrected chi connectivity index (χ4v) is 3.81. The van der Waals surface area contributed by atoms with Crippen LogP contribution in [0.25, 0.3) is 21.8 Å². The molecule has 0 aliphatic rings. The zero-order valence-corrected chi connectivity index (χ0v) is 15.6. The lowest BCUT2D eigenvalue weighted by Crippen LogP contribution is -1.93. The number of unbranched alkanes of at least 4 members (excludes halogenated alkanes) is 8. The van der Waals surface area contributed by atoms with E-state index >= 15 is 0 Å². The van der Waals surface area contributed by atoms with Gasteiger partial charge in [-0.25, -0.2) is 4.98 Å². The molecule has 0 aliphatic carbocycles. The number of rotatable bonds is 10. The summed E-state index contributed by atoms with van der Waals surface area (Å²) in [6.07, 6.45) is 13.6. The van der Waals surface area contributed by atoms with Gasteiger partial charge >= 0.3 is 0 Å². The minimum Gasteiger partial charge on any atom is -0.248 e. The fourth-order valence-electron chi connectivity index (χ4n) is 3.81. The predicted molar refractivity (Wildman–Crippen MR) is 110 cm³/mol. The highest BCUT2D eigenvalue weighted by Gasteiger charge is 2.08. The average Bonchev–Trinajstić information content (AvgIpc) is 2.66. The number of para-hydroxylation sites is 2. The van der Waals surface area contributed by atoms with Crippen LogP contribution in [-0.2, 0) is 6.42 Å². The summed E-state index contributed by atoms with van der Waals surface area (Å²) in [6.45, 7) is 2.28. The number of pyridine rings is 1. The van der Waals surface area contributed by atoms with Crippen molar-refractivity contribution in [3.63, 3.8) is 0 Å². The molecule has 0 radical (unpaired) electrons. The first-order chi connectivity index (χ1) is 12.4. The summed E-state index contributed by atoms with van der Waals surface area (Å²) in [6, 6.07) is 17.2. The smallest absolute Gasteiger partial charge is 0.0712 e. The van der Waals surface area contributed by atoms with Crippen LogP contribution in [0.3, 0.4) is 0 Å². The lowest BCUT2D eigenvalue weighted by atomic mass is 9.97. The SMILES string of the molecule is CCCCCCCCCCCc1c2ccccc2nc2ccccc12. The maximum atomic E-state index is 4.83. The fraction of sp³-hybridized carbons (Fsp3) is 0.458. The molecule has 25 heavy (non-hydrogen) atoms. The Bertz CT molecular complexity index is 736. The molecule has 1 nitrogen and oxygen atoms in total. The first-order valence-corrected chi connectivity index (χ1v) is 10.2. The summed E-state index contributed by atoms with van der Waals surface area (Å²) in [5, 5.41) is 2.67. The third kappa shape index (κ3) is 4.81. The third-order valence-corrected chi connectivity index (χ3v) is 5.23. The molecule has 0 saturated carbocycles. The quantitative estimate of drug-likeness (QED) is 0.277. The van der Waals surface area contributed by atoms with Gasteiger partial charge in [0.2, 0.25) is 0 Å². The van der Waals surface area contributed by atoms with E-state index in [2.05, 4.69) is 55.5 Å². The van der Waals surface area contributed by atoms with Gasteiger partial charge in [-0.15, -0.1) is 0 Å². The van der Waals surface area contributed by atoms with Crippen LogP contribution in [-0.4, -0.2) is 4.98 Å². The molecule has 0 fully saturated rings. The number of nitrogens with zero attached hydrogens (tertiary/aromatic N) is 1. The normalized spacial score (nSPS) is 11.4. The van der Waals surface area contributed by atoms with Crippen LogP contribution in [0, 0.1) is 0 Å². The van der Waals surface area contributed by atoms with Crippen molar-refractivity contribution in [1.82, 2.24) is 4.98 Å². The summed E-state index contributed by atoms with van der Waals surface area (Å²) >= 11 is 0. The summed E-state index contributed by atoms with van der Waals surface area (Å²) in [4.78, 5) is 4.83. The van der Waals surface area contributed by atoms with Gasteiger partial charge in [0.05, 0.1) is 11.0 Å². The standard InChI is InChI=1S/C24H31N/c1-2-3-4-5-6-7-8-9-10-15-20-21-16-11-13-18-23(21)25-24-19-14-12-17-22(20)24/h11-14,16-19H,2-10,15H2,1H3. The van der Waals surface area contributed by atoms with Gasteiger partial charge in [0.15, 0.2) is 0 Å². The Labute approximate surface area is 152 Å². The number of fused-ring (bicyclic) bond motifs is 2. The van der Waals surface area contributed by atoms with Crippen molar-refractivity contribution < 1.29 is 0 Å². The lowest BCUT2D eigenvalue weighted by Gasteiger charge is -2.11. The van der Waals surface area contributed by atoms with E-state index in [-0.39, 0.29) is 0 Å². The van der Waals surface area contributed by atoms with Gasteiger partial charge < -0.3 is 0 Å². The minimum absolute atomic E-state index is 1.13. The molecular weight excluding hydrogens is 302 g/mol. The summed E-state index contributed by atoms with van der Waals surface area (Å²) < 4.78 is 0. The molecule has 1 aromatic heterocycles. The monoisotopic (exact) mass is 333 g/mol. The van der Waals surface area contributed by atoms with Crippen LogP contribution in [0.4, 0.5) is 0 Å². The molecule has 1 heterocycles. The first kappa shape index (κ1) is 17.9. The Morgan fingerprint density at radius 3 is 1.64 bits per heavy atom. The van der Waals surface area contributed by atoms with E-state index in [1.807, 2.05) is 0 Å². The molecule has 1 heteroatoms. The van der Waals surface area contributed by atoms with Crippen LogP contribution in [0.2, 0.25) is 0 Å². The van der Waals surface area contributed by atoms with Crippen LogP contribution in [0.1, 0.15) is 70.3 Å². The highest BCUT2D eigenvalue weighted by molar-refractivity contribution is 5.97. The van der Waals surface area contributed by atoms with Crippen molar-refractivity contribution >= 4 is 21.8 Å². The van der Waals surface area contributed by atoms with Crippen LogP contribution in [0.15, 0.2) is 48.5 Å². The summed E-state index contributed by atoms with van der Waals surface area (Å²) in [5.74, 6) is 0. The van der Waals surface area contributed by atoms with Gasteiger partial charge in [-0.3, -0.25) is 0 Å². The number of aryl methyl sites for hydroxylation is 1. The maximum absolute atomic E-state index is 4.83. The van der Waals surface area contributed by atoms with Gasteiger partial charge in [0.25, 0.3) is 0 Å². The molecule has 0 spiro atoms. The zero-order chi connectivity index (χ0) is 17.3. The van der Waals surface area contributed by atoms with E-state index in [0.29, 0.717) is 0 Å². The van der Waals surface area contributed by atoms with Gasteiger partial charge in [-0.1, -0.05) is 94.7 Å². The maximum Gasteiger partial charge on any atom is 0.0712 e. The number of hydrogen-bond donors (Lipinski definition) is 0. The van der Waals surface area contributed by atoms with Crippen LogP contribution >= 0.6 is 0 Å². The first-order valence-electron chi connectivity index (χ1n) is 10.2. The highest BCUT2D eigenvalue weighted by Crippen LogP contribution is 2.27. The molecule has 3 aromatic rings. The van der Waals surface area contributed by atoms with E-state index in [1.54, 1.807) is 0 Å². The Kier molecular flexibility index (Phi) is 6.85. The van der Waals surface area contributed by atoms with E-state index in [1.165, 1.54) is 80.5 Å². The summed E-state index contributed by atoms with van der Waals surface area (Å²) in [7, 11) is 0. The number of benzene rings is 2. The average molecular weight is 334 g/mol. The molecule has 0 aliphatic heterocycles. The zero-order valence-electron chi connectivity index (χ0n) is 15.6. The second-order valence-corrected chi connectivity index (χ2v) is 7.20. The van der Waals surface area contributed by atoms with Gasteiger partial charge in [0, 0.05) is 10.8 Å². The van der Waals surface area contributed by atoms with E-state index in [9.17, 15) is 0 Å². The molecule has 132 valence electrons. The Balaban J connectivity index is 1.59. The molecule has 0 N–H and O–H groups in total. The van der Waals surface area contributed by atoms with Gasteiger partial charge in [0.1, 0.15) is 0 Å². The van der Waals surface area contributed by atoms with Crippen LogP contribution < -0.4 is 0 Å². The molecule has 0 unspecified atom stereocenters. The molecule has 0 atom stereocenters. The molecular formula is C24H31N. The summed E-state index contributed by atoms with van der Waals surface area (Å²) in [5.41, 5.74) is 3.75. The molecule has 0 bridgehead atoms. The Hall–Kier alpha value is -1.89.